The van der Waals surface area contributed by atoms with E-state index in [1.165, 1.54) is 11.1 Å². The fourth-order valence-electron chi connectivity index (χ4n) is 1.71. The molecule has 0 saturated carbocycles. The van der Waals surface area contributed by atoms with Crippen LogP contribution in [0.2, 0.25) is 0 Å². The zero-order valence-corrected chi connectivity index (χ0v) is 12.2. The van der Waals surface area contributed by atoms with E-state index >= 15 is 0 Å². The van der Waals surface area contributed by atoms with Crippen molar-refractivity contribution in [1.29, 1.82) is 0 Å². The van der Waals surface area contributed by atoms with E-state index in [4.69, 9.17) is 0 Å². The van der Waals surface area contributed by atoms with E-state index in [2.05, 4.69) is 54.0 Å². The van der Waals surface area contributed by atoms with Gasteiger partial charge in [0.25, 0.3) is 0 Å². The van der Waals surface area contributed by atoms with Crippen molar-refractivity contribution in [3.63, 3.8) is 0 Å². The van der Waals surface area contributed by atoms with Gasteiger partial charge in [-0.1, -0.05) is 52.7 Å². The number of rotatable bonds is 6. The van der Waals surface area contributed by atoms with Crippen LogP contribution in [-0.2, 0) is 11.3 Å². The van der Waals surface area contributed by atoms with E-state index in [0.29, 0.717) is 6.42 Å². The quantitative estimate of drug-likeness (QED) is 0.736. The van der Waals surface area contributed by atoms with E-state index < -0.39 is 0 Å². The van der Waals surface area contributed by atoms with Crippen LogP contribution in [0.15, 0.2) is 24.3 Å². The number of carbonyl (C=O) groups excluding carboxylic acids is 1. The Bertz CT molecular complexity index is 348. The summed E-state index contributed by atoms with van der Waals surface area (Å²) >= 11 is 3.32. The van der Waals surface area contributed by atoms with Gasteiger partial charge in [-0.2, -0.15) is 0 Å². The average Bonchev–Trinajstić information content (AvgIpc) is 2.31. The predicted molar refractivity (Wildman–Crippen MR) is 75.3 cm³/mol. The lowest BCUT2D eigenvalue weighted by Gasteiger charge is -2.22. The molecule has 0 saturated heterocycles. The van der Waals surface area contributed by atoms with Crippen LogP contribution in [0.5, 0.6) is 0 Å². The molecule has 0 heterocycles. The molecule has 0 fully saturated rings. The molecular formula is C14H20BrNO. The monoisotopic (exact) mass is 297 g/mol. The van der Waals surface area contributed by atoms with Crippen molar-refractivity contribution < 1.29 is 4.79 Å². The van der Waals surface area contributed by atoms with Gasteiger partial charge in [-0.3, -0.25) is 4.79 Å². The molecule has 1 aromatic carbocycles. The van der Waals surface area contributed by atoms with Crippen molar-refractivity contribution in [3.05, 3.63) is 35.4 Å². The molecule has 0 atom stereocenters. The Morgan fingerprint density at radius 1 is 1.29 bits per heavy atom. The fraction of sp³-hybridized carbons (Fsp3) is 0.500. The number of aryl methyl sites for hydroxylation is 1. The Labute approximate surface area is 112 Å². The van der Waals surface area contributed by atoms with Gasteiger partial charge in [0.15, 0.2) is 0 Å². The van der Waals surface area contributed by atoms with Crippen molar-refractivity contribution in [2.75, 3.05) is 11.9 Å². The van der Waals surface area contributed by atoms with E-state index in [9.17, 15) is 4.79 Å². The number of alkyl halides is 1. The van der Waals surface area contributed by atoms with Gasteiger partial charge in [0.05, 0.1) is 0 Å². The maximum Gasteiger partial charge on any atom is 0.223 e. The summed E-state index contributed by atoms with van der Waals surface area (Å²) in [6.45, 7) is 5.73. The summed E-state index contributed by atoms with van der Waals surface area (Å²) in [5.41, 5.74) is 2.45. The minimum Gasteiger partial charge on any atom is -0.338 e. The molecule has 1 amide bonds. The number of halogens is 1. The highest BCUT2D eigenvalue weighted by atomic mass is 79.9. The van der Waals surface area contributed by atoms with Crippen LogP contribution in [-0.4, -0.2) is 22.7 Å². The van der Waals surface area contributed by atoms with Gasteiger partial charge in [0.2, 0.25) is 5.91 Å². The molecule has 0 N–H and O–H groups in total. The number of carbonyl (C=O) groups is 1. The maximum absolute atomic E-state index is 11.9. The molecule has 0 bridgehead atoms. The third-order valence-corrected chi connectivity index (χ3v) is 3.05. The number of hydrogen-bond donors (Lipinski definition) is 0. The molecule has 0 aromatic heterocycles. The van der Waals surface area contributed by atoms with Crippen molar-refractivity contribution in [1.82, 2.24) is 4.90 Å². The largest absolute Gasteiger partial charge is 0.338 e. The first-order chi connectivity index (χ1) is 8.17. The Morgan fingerprint density at radius 3 is 2.47 bits per heavy atom. The Morgan fingerprint density at radius 2 is 1.94 bits per heavy atom. The second-order valence-electron chi connectivity index (χ2n) is 4.24. The molecule has 0 aliphatic heterocycles. The highest BCUT2D eigenvalue weighted by Crippen LogP contribution is 2.09. The molecule has 94 valence electrons. The summed E-state index contributed by atoms with van der Waals surface area (Å²) in [6, 6.07) is 8.38. The third kappa shape index (κ3) is 4.90. The van der Waals surface area contributed by atoms with E-state index in [1.54, 1.807) is 0 Å². The first kappa shape index (κ1) is 14.2. The molecule has 0 radical (unpaired) electrons. The predicted octanol–water partition coefficient (Wildman–Crippen LogP) is 3.52. The van der Waals surface area contributed by atoms with E-state index in [0.717, 1.165) is 24.8 Å². The van der Waals surface area contributed by atoms with Gasteiger partial charge in [-0.25, -0.2) is 0 Å². The van der Waals surface area contributed by atoms with Gasteiger partial charge in [-0.15, -0.1) is 0 Å². The second-order valence-corrected chi connectivity index (χ2v) is 5.03. The summed E-state index contributed by atoms with van der Waals surface area (Å²) < 4.78 is 0. The SMILES string of the molecule is CCCN(Cc1ccc(C)cc1)C(=O)CCBr. The zero-order chi connectivity index (χ0) is 12.7. The molecule has 3 heteroatoms. The number of hydrogen-bond acceptors (Lipinski definition) is 1. The topological polar surface area (TPSA) is 20.3 Å². The summed E-state index contributed by atoms with van der Waals surface area (Å²) in [5, 5.41) is 0.736. The van der Waals surface area contributed by atoms with Crippen LogP contribution < -0.4 is 0 Å². The van der Waals surface area contributed by atoms with Gasteiger partial charge in [0.1, 0.15) is 0 Å². The lowest BCUT2D eigenvalue weighted by atomic mass is 10.1. The highest BCUT2D eigenvalue weighted by molar-refractivity contribution is 9.09. The minimum absolute atomic E-state index is 0.226. The molecule has 0 unspecified atom stereocenters. The number of amides is 1. The Hall–Kier alpha value is -0.830. The van der Waals surface area contributed by atoms with Gasteiger partial charge >= 0.3 is 0 Å². The first-order valence-corrected chi connectivity index (χ1v) is 7.18. The lowest BCUT2D eigenvalue weighted by molar-refractivity contribution is -0.131. The highest BCUT2D eigenvalue weighted by Gasteiger charge is 2.11. The van der Waals surface area contributed by atoms with Crippen LogP contribution in [0.4, 0.5) is 0 Å². The fourth-order valence-corrected chi connectivity index (χ4v) is 2.05. The van der Waals surface area contributed by atoms with Crippen LogP contribution in [0.25, 0.3) is 0 Å². The van der Waals surface area contributed by atoms with Crippen LogP contribution in [0.1, 0.15) is 30.9 Å². The second kappa shape index (κ2) is 7.49. The molecule has 1 aromatic rings. The van der Waals surface area contributed by atoms with Crippen LogP contribution >= 0.6 is 15.9 Å². The number of benzene rings is 1. The molecule has 0 aliphatic rings. The lowest BCUT2D eigenvalue weighted by Crippen LogP contribution is -2.31. The Kier molecular flexibility index (Phi) is 6.27. The molecule has 2 nitrogen and oxygen atoms in total. The average molecular weight is 298 g/mol. The van der Waals surface area contributed by atoms with Crippen molar-refractivity contribution in [2.45, 2.75) is 33.2 Å². The smallest absolute Gasteiger partial charge is 0.223 e. The van der Waals surface area contributed by atoms with Gasteiger partial charge < -0.3 is 4.90 Å². The van der Waals surface area contributed by atoms with Crippen molar-refractivity contribution >= 4 is 21.8 Å². The van der Waals surface area contributed by atoms with Gasteiger partial charge in [-0.05, 0) is 18.9 Å². The molecule has 17 heavy (non-hydrogen) atoms. The minimum atomic E-state index is 0.226. The molecule has 1 rings (SSSR count). The van der Waals surface area contributed by atoms with E-state index in [-0.39, 0.29) is 5.91 Å². The molecule has 0 aliphatic carbocycles. The van der Waals surface area contributed by atoms with Crippen LogP contribution in [0.3, 0.4) is 0 Å². The molecular weight excluding hydrogens is 278 g/mol. The summed E-state index contributed by atoms with van der Waals surface area (Å²) in [4.78, 5) is 13.8. The standard InChI is InChI=1S/C14H20BrNO/c1-3-10-16(14(17)8-9-15)11-13-6-4-12(2)5-7-13/h4-7H,3,8-11H2,1-2H3. The number of nitrogens with zero attached hydrogens (tertiary/aromatic N) is 1. The Balaban J connectivity index is 2.65. The van der Waals surface area contributed by atoms with Crippen molar-refractivity contribution in [2.24, 2.45) is 0 Å². The third-order valence-electron chi connectivity index (χ3n) is 2.65. The summed E-state index contributed by atoms with van der Waals surface area (Å²) in [5.74, 6) is 0.226. The molecule has 0 spiro atoms. The van der Waals surface area contributed by atoms with Crippen molar-refractivity contribution in [3.8, 4) is 0 Å². The zero-order valence-electron chi connectivity index (χ0n) is 10.6. The summed E-state index contributed by atoms with van der Waals surface area (Å²) in [7, 11) is 0. The summed E-state index contributed by atoms with van der Waals surface area (Å²) in [6.07, 6.45) is 1.58. The van der Waals surface area contributed by atoms with Crippen LogP contribution in [0, 0.1) is 6.92 Å². The van der Waals surface area contributed by atoms with Gasteiger partial charge in [0, 0.05) is 24.8 Å². The maximum atomic E-state index is 11.9. The van der Waals surface area contributed by atoms with E-state index in [1.807, 2.05) is 4.90 Å². The normalized spacial score (nSPS) is 10.3. The first-order valence-electron chi connectivity index (χ1n) is 6.06.